The van der Waals surface area contributed by atoms with Crippen molar-refractivity contribution in [1.82, 2.24) is 35.0 Å². The molecule has 0 unspecified atom stereocenters. The van der Waals surface area contributed by atoms with Gasteiger partial charge in [-0.25, -0.2) is 28.2 Å². The maximum absolute atomic E-state index is 14.0. The number of rotatable bonds is 7. The van der Waals surface area contributed by atoms with E-state index < -0.39 is 29.8 Å². The SMILES string of the molecule is CCN1C[C@@H](NC(=O)Nc2c(C)c(-c3cnc(N4CCN(C)CC4)nc3)nn2-c2ccccc2)[C@H](c2ccc(F)c(F)c2)O1. The van der Waals surface area contributed by atoms with Crippen LogP contribution in [-0.2, 0) is 4.84 Å². The molecule has 230 valence electrons. The van der Waals surface area contributed by atoms with Crippen LogP contribution in [0.3, 0.4) is 0 Å². The van der Waals surface area contributed by atoms with Crippen molar-refractivity contribution < 1.29 is 18.4 Å². The summed E-state index contributed by atoms with van der Waals surface area (Å²) in [5.74, 6) is -0.765. The number of benzene rings is 2. The minimum atomic E-state index is -0.972. The van der Waals surface area contributed by atoms with E-state index in [2.05, 4.69) is 37.4 Å². The van der Waals surface area contributed by atoms with Crippen molar-refractivity contribution in [2.24, 2.45) is 0 Å². The molecule has 2 aromatic carbocycles. The monoisotopic (exact) mass is 603 g/mol. The Kier molecular flexibility index (Phi) is 8.51. The normalized spacial score (nSPS) is 19.3. The number of amides is 2. The lowest BCUT2D eigenvalue weighted by atomic mass is 10.0. The summed E-state index contributed by atoms with van der Waals surface area (Å²) in [4.78, 5) is 33.1. The van der Waals surface area contributed by atoms with Gasteiger partial charge in [0.1, 0.15) is 17.6 Å². The van der Waals surface area contributed by atoms with Gasteiger partial charge in [-0.1, -0.05) is 31.2 Å². The molecule has 0 aliphatic carbocycles. The molecule has 44 heavy (non-hydrogen) atoms. The van der Waals surface area contributed by atoms with Crippen molar-refractivity contribution in [3.8, 4) is 16.9 Å². The lowest BCUT2D eigenvalue weighted by molar-refractivity contribution is -0.144. The average molecular weight is 604 g/mol. The molecule has 2 atom stereocenters. The third-order valence-electron chi connectivity index (χ3n) is 8.02. The molecule has 0 bridgehead atoms. The Hall–Kier alpha value is -4.46. The Labute approximate surface area is 254 Å². The lowest BCUT2D eigenvalue weighted by Gasteiger charge is -2.32. The van der Waals surface area contributed by atoms with E-state index in [4.69, 9.17) is 9.94 Å². The van der Waals surface area contributed by atoms with Crippen LogP contribution >= 0.6 is 0 Å². The maximum Gasteiger partial charge on any atom is 0.320 e. The smallest absolute Gasteiger partial charge is 0.320 e. The summed E-state index contributed by atoms with van der Waals surface area (Å²) in [6.45, 7) is 8.34. The van der Waals surface area contributed by atoms with Crippen molar-refractivity contribution in [3.05, 3.63) is 83.7 Å². The first kappa shape index (κ1) is 29.6. The van der Waals surface area contributed by atoms with Crippen LogP contribution < -0.4 is 15.5 Å². The predicted molar refractivity (Wildman–Crippen MR) is 162 cm³/mol. The van der Waals surface area contributed by atoms with Gasteiger partial charge in [-0.05, 0) is 43.8 Å². The average Bonchev–Trinajstić information content (AvgIpc) is 3.59. The molecule has 6 rings (SSSR count). The Morgan fingerprint density at radius 1 is 1.02 bits per heavy atom. The molecule has 2 aliphatic rings. The molecular weight excluding hydrogens is 568 g/mol. The van der Waals surface area contributed by atoms with E-state index in [9.17, 15) is 13.6 Å². The molecule has 2 amide bonds. The number of nitrogens with zero attached hydrogens (tertiary/aromatic N) is 7. The van der Waals surface area contributed by atoms with Crippen LogP contribution in [0.4, 0.5) is 25.3 Å². The Morgan fingerprint density at radius 3 is 2.43 bits per heavy atom. The molecule has 4 aromatic rings. The van der Waals surface area contributed by atoms with Crippen molar-refractivity contribution in [2.45, 2.75) is 26.0 Å². The van der Waals surface area contributed by atoms with Crippen molar-refractivity contribution in [1.29, 1.82) is 0 Å². The van der Waals surface area contributed by atoms with E-state index in [1.54, 1.807) is 22.1 Å². The number of hydrogen-bond donors (Lipinski definition) is 2. The number of hydroxylamine groups is 2. The summed E-state index contributed by atoms with van der Waals surface area (Å²) in [7, 11) is 2.10. The van der Waals surface area contributed by atoms with Crippen LogP contribution in [0.15, 0.2) is 60.9 Å². The summed E-state index contributed by atoms with van der Waals surface area (Å²) in [6, 6.07) is 12.1. The zero-order valence-corrected chi connectivity index (χ0v) is 24.9. The Morgan fingerprint density at radius 2 is 1.75 bits per heavy atom. The van der Waals surface area contributed by atoms with Gasteiger partial charge in [0.2, 0.25) is 5.95 Å². The van der Waals surface area contributed by atoms with E-state index in [-0.39, 0.29) is 0 Å². The summed E-state index contributed by atoms with van der Waals surface area (Å²) in [5, 5.41) is 12.5. The van der Waals surface area contributed by atoms with Crippen LogP contribution in [0.25, 0.3) is 16.9 Å². The molecule has 2 aromatic heterocycles. The second kappa shape index (κ2) is 12.6. The summed E-state index contributed by atoms with van der Waals surface area (Å²) < 4.78 is 29.3. The van der Waals surface area contributed by atoms with Crippen LogP contribution in [0.2, 0.25) is 0 Å². The minimum absolute atomic E-state index is 0.368. The van der Waals surface area contributed by atoms with Crippen LogP contribution in [0.5, 0.6) is 0 Å². The molecule has 2 saturated heterocycles. The van der Waals surface area contributed by atoms with Gasteiger partial charge >= 0.3 is 6.03 Å². The van der Waals surface area contributed by atoms with Crippen LogP contribution in [0.1, 0.15) is 24.2 Å². The summed E-state index contributed by atoms with van der Waals surface area (Å²) in [5.41, 5.74) is 3.27. The van der Waals surface area contributed by atoms with Crippen molar-refractivity contribution >= 4 is 17.8 Å². The number of carbonyl (C=O) groups is 1. The first-order valence-electron chi connectivity index (χ1n) is 14.7. The van der Waals surface area contributed by atoms with Gasteiger partial charge in [-0.2, -0.15) is 10.2 Å². The molecule has 0 spiro atoms. The highest BCUT2D eigenvalue weighted by molar-refractivity contribution is 5.91. The highest BCUT2D eigenvalue weighted by Gasteiger charge is 2.36. The van der Waals surface area contributed by atoms with Gasteiger partial charge in [0, 0.05) is 62.8 Å². The lowest BCUT2D eigenvalue weighted by Crippen LogP contribution is -2.45. The maximum atomic E-state index is 14.0. The highest BCUT2D eigenvalue weighted by atomic mass is 19.2. The number of para-hydroxylation sites is 1. The van der Waals surface area contributed by atoms with Crippen LogP contribution in [0, 0.1) is 18.6 Å². The fourth-order valence-corrected chi connectivity index (χ4v) is 5.50. The number of anilines is 2. The van der Waals surface area contributed by atoms with Gasteiger partial charge in [0.05, 0.1) is 11.7 Å². The third kappa shape index (κ3) is 6.11. The molecule has 13 heteroatoms. The number of halogens is 2. The molecule has 0 saturated carbocycles. The quantitative estimate of drug-likeness (QED) is 0.325. The molecule has 0 radical (unpaired) electrons. The predicted octanol–water partition coefficient (Wildman–Crippen LogP) is 4.17. The summed E-state index contributed by atoms with van der Waals surface area (Å²) >= 11 is 0. The number of carbonyl (C=O) groups excluding carboxylic acids is 1. The Balaban J connectivity index is 1.26. The second-order valence-electron chi connectivity index (χ2n) is 11.0. The van der Waals surface area contributed by atoms with Crippen molar-refractivity contribution in [3.63, 3.8) is 0 Å². The first-order chi connectivity index (χ1) is 21.3. The van der Waals surface area contributed by atoms with Gasteiger partial charge < -0.3 is 15.1 Å². The van der Waals surface area contributed by atoms with Gasteiger partial charge in [-0.3, -0.25) is 10.2 Å². The van der Waals surface area contributed by atoms with Gasteiger partial charge in [0.15, 0.2) is 11.6 Å². The largest absolute Gasteiger partial charge is 0.338 e. The van der Waals surface area contributed by atoms with Gasteiger partial charge in [-0.15, -0.1) is 0 Å². The first-order valence-corrected chi connectivity index (χ1v) is 14.7. The fourth-order valence-electron chi connectivity index (χ4n) is 5.50. The number of nitrogens with one attached hydrogen (secondary N) is 2. The van der Waals surface area contributed by atoms with Crippen LogP contribution in [-0.4, -0.2) is 88.1 Å². The minimum Gasteiger partial charge on any atom is -0.338 e. The highest BCUT2D eigenvalue weighted by Crippen LogP contribution is 2.32. The zero-order valence-electron chi connectivity index (χ0n) is 24.9. The van der Waals surface area contributed by atoms with Crippen molar-refractivity contribution in [2.75, 3.05) is 56.5 Å². The van der Waals surface area contributed by atoms with E-state index in [1.807, 2.05) is 44.2 Å². The van der Waals surface area contributed by atoms with Gasteiger partial charge in [0.25, 0.3) is 0 Å². The molecular formula is C31H35F2N9O2. The van der Waals surface area contributed by atoms with E-state index in [0.717, 1.165) is 55.1 Å². The summed E-state index contributed by atoms with van der Waals surface area (Å²) in [6.07, 6.45) is 2.83. The standard InChI is InChI=1S/C31H35F2N9O2/c1-4-41-19-26(28(44-41)21-10-11-24(32)25(33)16-21)36-31(43)37-29-20(2)27(38-42(29)23-8-6-5-7-9-23)22-17-34-30(35-18-22)40-14-12-39(3)13-15-40/h5-11,16-18,26,28H,4,12-15,19H2,1-3H3,(H2,36,37,43)/t26-,28+/m1/s1. The fraction of sp³-hybridized carbons (Fsp3) is 0.355. The molecule has 4 heterocycles. The molecule has 2 fully saturated rings. The zero-order chi connectivity index (χ0) is 30.8. The number of piperazine rings is 1. The number of urea groups is 1. The third-order valence-corrected chi connectivity index (χ3v) is 8.02. The van der Waals surface area contributed by atoms with E-state index in [0.29, 0.717) is 36.1 Å². The van der Waals surface area contributed by atoms with E-state index in [1.165, 1.54) is 6.07 Å². The molecule has 2 N–H and O–H groups in total. The molecule has 2 aliphatic heterocycles. The number of likely N-dealkylation sites (N-methyl/N-ethyl adjacent to an activating group) is 2. The Bertz CT molecular complexity index is 1610. The number of aromatic nitrogens is 4. The van der Waals surface area contributed by atoms with E-state index >= 15 is 0 Å². The number of hydrogen-bond acceptors (Lipinski definition) is 8. The molecule has 11 nitrogen and oxygen atoms in total. The second-order valence-corrected chi connectivity index (χ2v) is 11.0. The topological polar surface area (TPSA) is 104 Å².